The Labute approximate surface area is 130 Å². The molecule has 1 N–H and O–H groups in total. The van der Waals surface area contributed by atoms with Crippen molar-refractivity contribution in [2.24, 2.45) is 0 Å². The van der Waals surface area contributed by atoms with E-state index in [9.17, 15) is 18.0 Å². The third kappa shape index (κ3) is 3.06. The summed E-state index contributed by atoms with van der Waals surface area (Å²) in [5.74, 6) is 0.626. The molecule has 0 amide bonds. The molecule has 0 fully saturated rings. The fourth-order valence-electron chi connectivity index (χ4n) is 2.48. The second-order valence-corrected chi connectivity index (χ2v) is 5.05. The second-order valence-electron chi connectivity index (χ2n) is 5.05. The Morgan fingerprint density at radius 2 is 1.74 bits per heavy atom. The van der Waals surface area contributed by atoms with Crippen molar-refractivity contribution in [2.45, 2.75) is 20.0 Å². The number of pyridine rings is 1. The topological polar surface area (TPSA) is 65.9 Å². The van der Waals surface area contributed by atoms with Gasteiger partial charge in [-0.3, -0.25) is 4.79 Å². The normalized spacial score (nSPS) is 11.2. The van der Waals surface area contributed by atoms with Crippen molar-refractivity contribution in [3.63, 3.8) is 0 Å². The van der Waals surface area contributed by atoms with Crippen molar-refractivity contribution in [2.75, 3.05) is 7.11 Å². The first-order valence-electron chi connectivity index (χ1n) is 6.59. The van der Waals surface area contributed by atoms with Crippen LogP contribution in [0.15, 0.2) is 23.0 Å². The highest BCUT2D eigenvalue weighted by Crippen LogP contribution is 2.34. The summed E-state index contributed by atoms with van der Waals surface area (Å²) in [4.78, 5) is 14.1. The first-order valence-corrected chi connectivity index (χ1v) is 6.59. The molecular weight excluding hydrogens is 309 g/mol. The Morgan fingerprint density at radius 3 is 2.17 bits per heavy atom. The minimum absolute atomic E-state index is 0.00446. The molecule has 0 unspecified atom stereocenters. The molecule has 0 bridgehead atoms. The predicted octanol–water partition coefficient (Wildman–Crippen LogP) is 3.56. The molecule has 0 radical (unpaired) electrons. The zero-order valence-corrected chi connectivity index (χ0v) is 12.6. The van der Waals surface area contributed by atoms with Crippen molar-refractivity contribution < 1.29 is 17.9 Å². The summed E-state index contributed by atoms with van der Waals surface area (Å²) in [5, 5.41) is 8.79. The van der Waals surface area contributed by atoms with Crippen LogP contribution < -0.4 is 10.3 Å². The number of halogens is 3. The molecule has 2 aromatic rings. The number of alkyl halides is 3. The van der Waals surface area contributed by atoms with Gasteiger partial charge in [0.05, 0.1) is 12.7 Å². The molecule has 1 aromatic heterocycles. The number of hydrogen-bond acceptors (Lipinski definition) is 3. The van der Waals surface area contributed by atoms with Crippen molar-refractivity contribution in [3.05, 3.63) is 50.8 Å². The Morgan fingerprint density at radius 1 is 1.17 bits per heavy atom. The number of aryl methyl sites for hydroxylation is 2. The van der Waals surface area contributed by atoms with Crippen LogP contribution in [0.5, 0.6) is 5.75 Å². The van der Waals surface area contributed by atoms with E-state index in [2.05, 4.69) is 4.98 Å². The minimum Gasteiger partial charge on any atom is -0.496 e. The highest BCUT2D eigenvalue weighted by Gasteiger charge is 2.35. The Hall–Kier alpha value is -2.75. The fraction of sp³-hybridized carbons (Fsp3) is 0.250. The van der Waals surface area contributed by atoms with Gasteiger partial charge in [-0.25, -0.2) is 0 Å². The maximum Gasteiger partial charge on any atom is 0.417 e. The molecule has 0 aliphatic heterocycles. The number of aromatic nitrogens is 1. The van der Waals surface area contributed by atoms with Gasteiger partial charge < -0.3 is 9.72 Å². The van der Waals surface area contributed by atoms with E-state index in [1.54, 1.807) is 26.0 Å². The van der Waals surface area contributed by atoms with E-state index in [4.69, 9.17) is 10.00 Å². The Kier molecular flexibility index (Phi) is 4.19. The van der Waals surface area contributed by atoms with Crippen LogP contribution in [-0.2, 0) is 6.18 Å². The summed E-state index contributed by atoms with van der Waals surface area (Å²) in [7, 11) is 1.50. The molecular formula is C16H13F3N2O2. The summed E-state index contributed by atoms with van der Waals surface area (Å²) in [6.07, 6.45) is -4.79. The van der Waals surface area contributed by atoms with Crippen LogP contribution in [0.25, 0.3) is 11.3 Å². The number of ether oxygens (including phenoxy) is 1. The molecule has 0 atom stereocenters. The molecule has 0 saturated carbocycles. The highest BCUT2D eigenvalue weighted by molar-refractivity contribution is 5.65. The quantitative estimate of drug-likeness (QED) is 0.919. The molecule has 4 nitrogen and oxygen atoms in total. The molecule has 23 heavy (non-hydrogen) atoms. The average molecular weight is 322 g/mol. The van der Waals surface area contributed by atoms with E-state index in [1.165, 1.54) is 13.2 Å². The number of aromatic amines is 1. The number of nitrogens with zero attached hydrogens (tertiary/aromatic N) is 1. The van der Waals surface area contributed by atoms with E-state index in [0.29, 0.717) is 11.3 Å². The zero-order valence-electron chi connectivity index (χ0n) is 12.6. The van der Waals surface area contributed by atoms with Crippen LogP contribution in [0.2, 0.25) is 0 Å². The number of hydrogen-bond donors (Lipinski definition) is 1. The summed E-state index contributed by atoms with van der Waals surface area (Å²) in [5.41, 5.74) is -1.40. The number of nitriles is 1. The van der Waals surface area contributed by atoms with Crippen LogP contribution in [0, 0.1) is 25.2 Å². The van der Waals surface area contributed by atoms with Crippen LogP contribution in [0.4, 0.5) is 13.2 Å². The molecule has 0 spiro atoms. The van der Waals surface area contributed by atoms with Crippen molar-refractivity contribution in [1.29, 1.82) is 5.26 Å². The maximum absolute atomic E-state index is 13.1. The number of benzene rings is 1. The van der Waals surface area contributed by atoms with Crippen LogP contribution in [0.1, 0.15) is 22.3 Å². The van der Waals surface area contributed by atoms with Gasteiger partial charge in [0.25, 0.3) is 5.56 Å². The number of rotatable bonds is 2. The number of nitrogens with one attached hydrogen (secondary N) is 1. The standard InChI is InChI=1S/C16H13F3N2O2/c1-8-4-10(5-9(2)14(8)23-3)13-6-12(16(17,18)19)11(7-20)15(22)21-13/h4-6H,1-3H3,(H,21,22). The lowest BCUT2D eigenvalue weighted by molar-refractivity contribution is -0.137. The van der Waals surface area contributed by atoms with Gasteiger partial charge in [-0.15, -0.1) is 0 Å². The van der Waals surface area contributed by atoms with Crippen molar-refractivity contribution in [3.8, 4) is 23.1 Å². The molecule has 7 heteroatoms. The third-order valence-electron chi connectivity index (χ3n) is 3.43. The Balaban J connectivity index is 2.74. The summed E-state index contributed by atoms with van der Waals surface area (Å²) in [6, 6.07) is 5.31. The van der Waals surface area contributed by atoms with Gasteiger partial charge in [0, 0.05) is 5.69 Å². The van der Waals surface area contributed by atoms with Crippen LogP contribution >= 0.6 is 0 Å². The lowest BCUT2D eigenvalue weighted by atomic mass is 10.0. The van der Waals surface area contributed by atoms with Crippen LogP contribution in [0.3, 0.4) is 0 Å². The smallest absolute Gasteiger partial charge is 0.417 e. The first kappa shape index (κ1) is 16.6. The minimum atomic E-state index is -4.79. The fourth-order valence-corrected chi connectivity index (χ4v) is 2.48. The maximum atomic E-state index is 13.1. The van der Waals surface area contributed by atoms with Gasteiger partial charge in [0.15, 0.2) is 0 Å². The van der Waals surface area contributed by atoms with Gasteiger partial charge >= 0.3 is 6.18 Å². The molecule has 1 heterocycles. The summed E-state index contributed by atoms with van der Waals surface area (Å²) in [6.45, 7) is 3.50. The molecule has 0 saturated heterocycles. The van der Waals surface area contributed by atoms with E-state index >= 15 is 0 Å². The highest BCUT2D eigenvalue weighted by atomic mass is 19.4. The average Bonchev–Trinajstić information content (AvgIpc) is 2.45. The Bertz CT molecular complexity index is 838. The van der Waals surface area contributed by atoms with E-state index in [0.717, 1.165) is 17.2 Å². The lowest BCUT2D eigenvalue weighted by Gasteiger charge is -2.13. The van der Waals surface area contributed by atoms with Crippen molar-refractivity contribution >= 4 is 0 Å². The van der Waals surface area contributed by atoms with E-state index in [-0.39, 0.29) is 5.69 Å². The van der Waals surface area contributed by atoms with Gasteiger partial charge in [-0.1, -0.05) is 0 Å². The van der Waals surface area contributed by atoms with Gasteiger partial charge in [0.2, 0.25) is 0 Å². The third-order valence-corrected chi connectivity index (χ3v) is 3.43. The summed E-state index contributed by atoms with van der Waals surface area (Å²) < 4.78 is 44.4. The predicted molar refractivity (Wildman–Crippen MR) is 78.2 cm³/mol. The van der Waals surface area contributed by atoms with Gasteiger partial charge in [0.1, 0.15) is 17.4 Å². The molecule has 2 rings (SSSR count). The first-order chi connectivity index (χ1) is 10.7. The zero-order chi connectivity index (χ0) is 17.4. The SMILES string of the molecule is COc1c(C)cc(-c2cc(C(F)(F)F)c(C#N)c(=O)[nH]2)cc1C. The largest absolute Gasteiger partial charge is 0.496 e. The molecule has 1 aromatic carbocycles. The van der Waals surface area contributed by atoms with Crippen molar-refractivity contribution in [1.82, 2.24) is 4.98 Å². The molecule has 0 aliphatic carbocycles. The molecule has 0 aliphatic rings. The lowest BCUT2D eigenvalue weighted by Crippen LogP contribution is -2.19. The summed E-state index contributed by atoms with van der Waals surface area (Å²) >= 11 is 0. The van der Waals surface area contributed by atoms with Gasteiger partial charge in [-0.05, 0) is 48.7 Å². The monoisotopic (exact) mass is 322 g/mol. The van der Waals surface area contributed by atoms with Gasteiger partial charge in [-0.2, -0.15) is 18.4 Å². The van der Waals surface area contributed by atoms with E-state index < -0.39 is 22.9 Å². The van der Waals surface area contributed by atoms with E-state index in [1.807, 2.05) is 0 Å². The molecule has 120 valence electrons. The second kappa shape index (κ2) is 5.80. The number of methoxy groups -OCH3 is 1. The number of H-pyrrole nitrogens is 1. The van der Waals surface area contributed by atoms with Crippen LogP contribution in [-0.4, -0.2) is 12.1 Å².